The quantitative estimate of drug-likeness (QED) is 0.842. The van der Waals surface area contributed by atoms with Crippen LogP contribution in [0.5, 0.6) is 0 Å². The first kappa shape index (κ1) is 15.3. The highest BCUT2D eigenvalue weighted by molar-refractivity contribution is 9.10. The third-order valence-electron chi connectivity index (χ3n) is 3.66. The number of rotatable bonds is 7. The van der Waals surface area contributed by atoms with Gasteiger partial charge in [-0.25, -0.2) is 0 Å². The SMILES string of the molecule is CNCC(CCc1ccnn1C)Cc1ccc(Br)cc1. The summed E-state index contributed by atoms with van der Waals surface area (Å²) in [6.45, 7) is 1.05. The van der Waals surface area contributed by atoms with Crippen molar-refractivity contribution in [2.45, 2.75) is 19.3 Å². The Bertz CT molecular complexity index is 519. The molecule has 0 bridgehead atoms. The average molecular weight is 336 g/mol. The second-order valence-corrected chi connectivity index (χ2v) is 6.15. The fourth-order valence-electron chi connectivity index (χ4n) is 2.52. The van der Waals surface area contributed by atoms with Gasteiger partial charge >= 0.3 is 0 Å². The van der Waals surface area contributed by atoms with E-state index >= 15 is 0 Å². The topological polar surface area (TPSA) is 29.9 Å². The van der Waals surface area contributed by atoms with Crippen molar-refractivity contribution in [2.24, 2.45) is 13.0 Å². The minimum Gasteiger partial charge on any atom is -0.319 e. The van der Waals surface area contributed by atoms with Crippen LogP contribution >= 0.6 is 15.9 Å². The first-order valence-corrected chi connectivity index (χ1v) is 7.84. The Hall–Kier alpha value is -1.13. The van der Waals surface area contributed by atoms with E-state index in [4.69, 9.17) is 0 Å². The van der Waals surface area contributed by atoms with Gasteiger partial charge in [0.1, 0.15) is 0 Å². The highest BCUT2D eigenvalue weighted by Gasteiger charge is 2.10. The Labute approximate surface area is 129 Å². The number of aryl methyl sites for hydroxylation is 2. The molecule has 20 heavy (non-hydrogen) atoms. The number of benzene rings is 1. The standard InChI is InChI=1S/C16H22BrN3/c1-18-12-14(5-8-16-9-10-19-20(16)2)11-13-3-6-15(17)7-4-13/h3-4,6-7,9-10,14,18H,5,8,11-12H2,1-2H3. The van der Waals surface area contributed by atoms with E-state index in [0.29, 0.717) is 5.92 Å². The Balaban J connectivity index is 1.93. The summed E-state index contributed by atoms with van der Waals surface area (Å²) >= 11 is 3.49. The molecule has 1 heterocycles. The Morgan fingerprint density at radius 1 is 1.25 bits per heavy atom. The lowest BCUT2D eigenvalue weighted by molar-refractivity contribution is 0.454. The molecule has 0 saturated heterocycles. The van der Waals surface area contributed by atoms with Crippen LogP contribution in [0.2, 0.25) is 0 Å². The predicted octanol–water partition coefficient (Wildman–Crippen LogP) is 3.19. The fourth-order valence-corrected chi connectivity index (χ4v) is 2.78. The molecule has 1 unspecified atom stereocenters. The third kappa shape index (κ3) is 4.46. The third-order valence-corrected chi connectivity index (χ3v) is 4.19. The molecule has 108 valence electrons. The number of nitrogens with one attached hydrogen (secondary N) is 1. The second-order valence-electron chi connectivity index (χ2n) is 5.24. The summed E-state index contributed by atoms with van der Waals surface area (Å²) in [4.78, 5) is 0. The van der Waals surface area contributed by atoms with E-state index < -0.39 is 0 Å². The smallest absolute Gasteiger partial charge is 0.0492 e. The van der Waals surface area contributed by atoms with E-state index in [9.17, 15) is 0 Å². The summed E-state index contributed by atoms with van der Waals surface area (Å²) in [5.74, 6) is 0.649. The van der Waals surface area contributed by atoms with Crippen LogP contribution in [0.1, 0.15) is 17.7 Å². The molecule has 4 heteroatoms. The maximum Gasteiger partial charge on any atom is 0.0492 e. The Morgan fingerprint density at radius 2 is 2.00 bits per heavy atom. The highest BCUT2D eigenvalue weighted by Crippen LogP contribution is 2.17. The van der Waals surface area contributed by atoms with Gasteiger partial charge in [0.15, 0.2) is 0 Å². The van der Waals surface area contributed by atoms with Crippen molar-refractivity contribution in [3.63, 3.8) is 0 Å². The minimum absolute atomic E-state index is 0.649. The van der Waals surface area contributed by atoms with Gasteiger partial charge < -0.3 is 5.32 Å². The van der Waals surface area contributed by atoms with Crippen LogP contribution in [0.4, 0.5) is 0 Å². The number of aromatic nitrogens is 2. The van der Waals surface area contributed by atoms with E-state index in [0.717, 1.165) is 23.9 Å². The van der Waals surface area contributed by atoms with Gasteiger partial charge in [-0.3, -0.25) is 4.68 Å². The van der Waals surface area contributed by atoms with Crippen LogP contribution in [0.3, 0.4) is 0 Å². The monoisotopic (exact) mass is 335 g/mol. The van der Waals surface area contributed by atoms with E-state index in [1.54, 1.807) is 0 Å². The van der Waals surface area contributed by atoms with Crippen LogP contribution in [0.25, 0.3) is 0 Å². The van der Waals surface area contributed by atoms with Gasteiger partial charge in [-0.1, -0.05) is 28.1 Å². The Morgan fingerprint density at radius 3 is 2.60 bits per heavy atom. The summed E-state index contributed by atoms with van der Waals surface area (Å²) < 4.78 is 3.11. The largest absolute Gasteiger partial charge is 0.319 e. The minimum atomic E-state index is 0.649. The zero-order valence-corrected chi connectivity index (χ0v) is 13.7. The van der Waals surface area contributed by atoms with Gasteiger partial charge in [-0.15, -0.1) is 0 Å². The van der Waals surface area contributed by atoms with Gasteiger partial charge in [0, 0.05) is 23.4 Å². The molecule has 0 radical (unpaired) electrons. The summed E-state index contributed by atoms with van der Waals surface area (Å²) in [6, 6.07) is 10.8. The molecular formula is C16H22BrN3. The van der Waals surface area contributed by atoms with E-state index in [1.807, 2.05) is 25.0 Å². The number of hydrogen-bond donors (Lipinski definition) is 1. The molecule has 0 aliphatic heterocycles. The second kappa shape index (κ2) is 7.60. The van der Waals surface area contributed by atoms with Gasteiger partial charge in [0.2, 0.25) is 0 Å². The van der Waals surface area contributed by atoms with Crippen molar-refractivity contribution in [3.8, 4) is 0 Å². The number of halogens is 1. The molecule has 1 aromatic carbocycles. The van der Waals surface area contributed by atoms with E-state index in [-0.39, 0.29) is 0 Å². The molecule has 0 spiro atoms. The maximum atomic E-state index is 4.23. The van der Waals surface area contributed by atoms with Gasteiger partial charge in [0.25, 0.3) is 0 Å². The molecule has 2 aromatic rings. The number of nitrogens with zero attached hydrogens (tertiary/aromatic N) is 2. The molecule has 0 aliphatic rings. The molecule has 0 amide bonds. The van der Waals surface area contributed by atoms with Crippen molar-refractivity contribution in [1.29, 1.82) is 0 Å². The zero-order chi connectivity index (χ0) is 14.4. The van der Waals surface area contributed by atoms with Crippen LogP contribution in [0, 0.1) is 5.92 Å². The van der Waals surface area contributed by atoms with Crippen LogP contribution < -0.4 is 5.32 Å². The van der Waals surface area contributed by atoms with Crippen molar-refractivity contribution in [3.05, 3.63) is 52.3 Å². The van der Waals surface area contributed by atoms with E-state index in [1.165, 1.54) is 17.7 Å². The molecule has 1 N–H and O–H groups in total. The molecular weight excluding hydrogens is 314 g/mol. The molecule has 0 aliphatic carbocycles. The lowest BCUT2D eigenvalue weighted by atomic mass is 9.94. The van der Waals surface area contributed by atoms with Gasteiger partial charge in [-0.05, 0) is 62.5 Å². The van der Waals surface area contributed by atoms with Gasteiger partial charge in [-0.2, -0.15) is 5.10 Å². The summed E-state index contributed by atoms with van der Waals surface area (Å²) in [5.41, 5.74) is 2.71. The normalized spacial score (nSPS) is 12.6. The lowest BCUT2D eigenvalue weighted by Gasteiger charge is -2.16. The molecule has 1 atom stereocenters. The highest BCUT2D eigenvalue weighted by atomic mass is 79.9. The Kier molecular flexibility index (Phi) is 5.80. The zero-order valence-electron chi connectivity index (χ0n) is 12.1. The van der Waals surface area contributed by atoms with Crippen molar-refractivity contribution < 1.29 is 0 Å². The number of hydrogen-bond acceptors (Lipinski definition) is 2. The molecule has 2 rings (SSSR count). The van der Waals surface area contributed by atoms with Crippen molar-refractivity contribution >= 4 is 15.9 Å². The van der Waals surface area contributed by atoms with Crippen LogP contribution in [0.15, 0.2) is 41.0 Å². The summed E-state index contributed by atoms with van der Waals surface area (Å²) in [6.07, 6.45) is 5.25. The lowest BCUT2D eigenvalue weighted by Crippen LogP contribution is -2.21. The molecule has 3 nitrogen and oxygen atoms in total. The molecule has 0 fully saturated rings. The first-order chi connectivity index (χ1) is 9.69. The van der Waals surface area contributed by atoms with Crippen LogP contribution in [-0.4, -0.2) is 23.4 Å². The molecule has 0 saturated carbocycles. The first-order valence-electron chi connectivity index (χ1n) is 7.05. The fraction of sp³-hybridized carbons (Fsp3) is 0.438. The van der Waals surface area contributed by atoms with Crippen molar-refractivity contribution in [1.82, 2.24) is 15.1 Å². The average Bonchev–Trinajstić information content (AvgIpc) is 2.84. The van der Waals surface area contributed by atoms with E-state index in [2.05, 4.69) is 56.7 Å². The van der Waals surface area contributed by atoms with Gasteiger partial charge in [0.05, 0.1) is 0 Å². The summed E-state index contributed by atoms with van der Waals surface area (Å²) in [7, 11) is 4.04. The summed E-state index contributed by atoms with van der Waals surface area (Å²) in [5, 5.41) is 7.54. The maximum absolute atomic E-state index is 4.23. The van der Waals surface area contributed by atoms with Crippen molar-refractivity contribution in [2.75, 3.05) is 13.6 Å². The predicted molar refractivity (Wildman–Crippen MR) is 86.8 cm³/mol. The van der Waals surface area contributed by atoms with Crippen LogP contribution in [-0.2, 0) is 19.9 Å². The molecule has 1 aromatic heterocycles.